The van der Waals surface area contributed by atoms with Crippen LogP contribution in [0.5, 0.6) is 0 Å². The molecule has 0 aromatic heterocycles. The van der Waals surface area contributed by atoms with Crippen molar-refractivity contribution in [3.05, 3.63) is 0 Å². The van der Waals surface area contributed by atoms with E-state index in [9.17, 15) is 4.79 Å². The molecule has 4 nitrogen and oxygen atoms in total. The topological polar surface area (TPSA) is 50.4 Å². The van der Waals surface area contributed by atoms with Crippen LogP contribution in [0.15, 0.2) is 0 Å². The minimum Gasteiger partial charge on any atom is -0.449 e. The molecule has 0 aliphatic carbocycles. The van der Waals surface area contributed by atoms with E-state index in [0.29, 0.717) is 25.1 Å². The van der Waals surface area contributed by atoms with Crippen molar-refractivity contribution in [3.8, 4) is 0 Å². The Morgan fingerprint density at radius 3 is 2.44 bits per heavy atom. The highest BCUT2D eigenvalue weighted by Gasteiger charge is 2.19. The van der Waals surface area contributed by atoms with Gasteiger partial charge in [0.2, 0.25) is 0 Å². The molecule has 0 rings (SSSR count). The van der Waals surface area contributed by atoms with Crippen molar-refractivity contribution in [2.24, 2.45) is 5.92 Å². The summed E-state index contributed by atoms with van der Waals surface area (Å²) in [5, 5.41) is 5.93. The van der Waals surface area contributed by atoms with Crippen LogP contribution in [0, 0.1) is 5.92 Å². The molecule has 1 amide bonds. The van der Waals surface area contributed by atoms with Gasteiger partial charge in [-0.25, -0.2) is 4.79 Å². The van der Waals surface area contributed by atoms with E-state index in [4.69, 9.17) is 4.74 Å². The van der Waals surface area contributed by atoms with E-state index in [0.717, 1.165) is 19.3 Å². The third-order valence-electron chi connectivity index (χ3n) is 2.81. The Balaban J connectivity index is 4.01. The Morgan fingerprint density at radius 1 is 1.31 bits per heavy atom. The first-order valence-corrected chi connectivity index (χ1v) is 6.27. The first kappa shape index (κ1) is 15.2. The van der Waals surface area contributed by atoms with Crippen molar-refractivity contribution >= 4 is 6.09 Å². The summed E-state index contributed by atoms with van der Waals surface area (Å²) in [5.74, 6) is 0.396. The summed E-state index contributed by atoms with van der Waals surface area (Å²) in [6.45, 7) is 7.29. The molecule has 0 saturated heterocycles. The molecule has 0 fully saturated rings. The molecule has 0 aliphatic heterocycles. The van der Waals surface area contributed by atoms with E-state index in [1.165, 1.54) is 0 Å². The lowest BCUT2D eigenvalue weighted by atomic mass is 9.94. The van der Waals surface area contributed by atoms with Gasteiger partial charge in [-0.3, -0.25) is 0 Å². The van der Waals surface area contributed by atoms with Crippen LogP contribution in [0.3, 0.4) is 0 Å². The Morgan fingerprint density at radius 2 is 2.00 bits per heavy atom. The van der Waals surface area contributed by atoms with Crippen LogP contribution in [0.2, 0.25) is 0 Å². The fraction of sp³-hybridized carbons (Fsp3) is 0.917. The number of hydrogen-bond donors (Lipinski definition) is 2. The van der Waals surface area contributed by atoms with Gasteiger partial charge in [-0.15, -0.1) is 0 Å². The minimum absolute atomic E-state index is 0.313. The molecule has 0 saturated carbocycles. The van der Waals surface area contributed by atoms with Gasteiger partial charge in [0.25, 0.3) is 0 Å². The van der Waals surface area contributed by atoms with Crippen LogP contribution in [0.25, 0.3) is 0 Å². The average molecular weight is 230 g/mol. The van der Waals surface area contributed by atoms with Crippen molar-refractivity contribution in [2.75, 3.05) is 20.2 Å². The molecule has 0 aromatic rings. The van der Waals surface area contributed by atoms with Crippen LogP contribution in [-0.4, -0.2) is 32.3 Å². The SMILES string of the molecule is CCCC(NC)C(CC)COC(=O)NCC. The molecule has 96 valence electrons. The molecule has 0 spiro atoms. The smallest absolute Gasteiger partial charge is 0.407 e. The number of nitrogens with one attached hydrogen (secondary N) is 2. The third kappa shape index (κ3) is 5.95. The van der Waals surface area contributed by atoms with E-state index in [-0.39, 0.29) is 6.09 Å². The summed E-state index contributed by atoms with van der Waals surface area (Å²) in [6.07, 6.45) is 2.97. The van der Waals surface area contributed by atoms with Gasteiger partial charge in [-0.1, -0.05) is 20.3 Å². The first-order chi connectivity index (χ1) is 7.69. The van der Waals surface area contributed by atoms with Crippen LogP contribution < -0.4 is 10.6 Å². The molecule has 0 radical (unpaired) electrons. The lowest BCUT2D eigenvalue weighted by molar-refractivity contribution is 0.114. The third-order valence-corrected chi connectivity index (χ3v) is 2.81. The second-order valence-corrected chi connectivity index (χ2v) is 3.98. The normalized spacial score (nSPS) is 14.2. The van der Waals surface area contributed by atoms with E-state index >= 15 is 0 Å². The number of carbonyl (C=O) groups excluding carboxylic acids is 1. The largest absolute Gasteiger partial charge is 0.449 e. The number of alkyl carbamates (subject to hydrolysis) is 1. The Labute approximate surface area is 99.1 Å². The summed E-state index contributed by atoms with van der Waals surface area (Å²) in [4.78, 5) is 11.2. The second-order valence-electron chi connectivity index (χ2n) is 3.98. The fourth-order valence-electron chi connectivity index (χ4n) is 1.82. The predicted molar refractivity (Wildman–Crippen MR) is 66.6 cm³/mol. The number of ether oxygens (including phenoxy) is 1. The summed E-state index contributed by atoms with van der Waals surface area (Å²) < 4.78 is 5.17. The molecule has 0 aliphatic rings. The van der Waals surface area contributed by atoms with Crippen molar-refractivity contribution in [1.29, 1.82) is 0 Å². The lowest BCUT2D eigenvalue weighted by Gasteiger charge is -2.25. The van der Waals surface area contributed by atoms with Gasteiger partial charge in [-0.05, 0) is 26.8 Å². The van der Waals surface area contributed by atoms with E-state index in [2.05, 4.69) is 24.5 Å². The number of rotatable bonds is 8. The fourth-order valence-corrected chi connectivity index (χ4v) is 1.82. The Bertz CT molecular complexity index is 186. The molecule has 2 unspecified atom stereocenters. The molecule has 0 bridgehead atoms. The monoisotopic (exact) mass is 230 g/mol. The number of amides is 1. The van der Waals surface area contributed by atoms with Gasteiger partial charge in [0.15, 0.2) is 0 Å². The molecular formula is C12H26N2O2. The maximum absolute atomic E-state index is 11.2. The van der Waals surface area contributed by atoms with Crippen molar-refractivity contribution in [3.63, 3.8) is 0 Å². The van der Waals surface area contributed by atoms with Gasteiger partial charge in [0.05, 0.1) is 6.61 Å². The number of hydrogen-bond acceptors (Lipinski definition) is 3. The molecule has 0 aromatic carbocycles. The van der Waals surface area contributed by atoms with E-state index in [1.807, 2.05) is 14.0 Å². The molecule has 16 heavy (non-hydrogen) atoms. The van der Waals surface area contributed by atoms with Crippen LogP contribution in [0.4, 0.5) is 4.79 Å². The highest BCUT2D eigenvalue weighted by atomic mass is 16.5. The maximum Gasteiger partial charge on any atom is 0.407 e. The highest BCUT2D eigenvalue weighted by Crippen LogP contribution is 2.14. The zero-order chi connectivity index (χ0) is 12.4. The molecular weight excluding hydrogens is 204 g/mol. The molecule has 0 heterocycles. The van der Waals surface area contributed by atoms with Crippen LogP contribution >= 0.6 is 0 Å². The molecule has 2 atom stereocenters. The first-order valence-electron chi connectivity index (χ1n) is 6.27. The van der Waals surface area contributed by atoms with Gasteiger partial charge < -0.3 is 15.4 Å². The maximum atomic E-state index is 11.2. The zero-order valence-corrected chi connectivity index (χ0v) is 11.0. The van der Waals surface area contributed by atoms with Gasteiger partial charge in [0.1, 0.15) is 0 Å². The van der Waals surface area contributed by atoms with Crippen molar-refractivity contribution < 1.29 is 9.53 Å². The predicted octanol–water partition coefficient (Wildman–Crippen LogP) is 2.15. The zero-order valence-electron chi connectivity index (χ0n) is 11.0. The summed E-state index contributed by atoms with van der Waals surface area (Å²) in [7, 11) is 1.97. The quantitative estimate of drug-likeness (QED) is 0.671. The average Bonchev–Trinajstić information content (AvgIpc) is 2.28. The minimum atomic E-state index is -0.313. The van der Waals surface area contributed by atoms with Gasteiger partial charge >= 0.3 is 6.09 Å². The van der Waals surface area contributed by atoms with Gasteiger partial charge in [0, 0.05) is 18.5 Å². The van der Waals surface area contributed by atoms with Crippen molar-refractivity contribution in [1.82, 2.24) is 10.6 Å². The summed E-state index contributed by atoms with van der Waals surface area (Å²) in [5.41, 5.74) is 0. The van der Waals surface area contributed by atoms with Crippen molar-refractivity contribution in [2.45, 2.75) is 46.1 Å². The highest BCUT2D eigenvalue weighted by molar-refractivity contribution is 5.66. The van der Waals surface area contributed by atoms with Crippen LogP contribution in [-0.2, 0) is 4.74 Å². The van der Waals surface area contributed by atoms with Gasteiger partial charge in [-0.2, -0.15) is 0 Å². The summed E-state index contributed by atoms with van der Waals surface area (Å²) >= 11 is 0. The lowest BCUT2D eigenvalue weighted by Crippen LogP contribution is -2.37. The van der Waals surface area contributed by atoms with E-state index < -0.39 is 0 Å². The standard InChI is InChI=1S/C12H26N2O2/c1-5-8-11(13-4)10(6-2)9-16-12(15)14-7-3/h10-11,13H,5-9H2,1-4H3,(H,14,15). The number of carbonyl (C=O) groups is 1. The molecule has 2 N–H and O–H groups in total. The second kappa shape index (κ2) is 9.46. The van der Waals surface area contributed by atoms with E-state index in [1.54, 1.807) is 0 Å². The molecule has 4 heteroatoms. The summed E-state index contributed by atoms with van der Waals surface area (Å²) in [6, 6.07) is 0.435. The van der Waals surface area contributed by atoms with Crippen LogP contribution in [0.1, 0.15) is 40.0 Å². The Hall–Kier alpha value is -0.770. The Kier molecular flexibility index (Phi) is 9.00.